The molecule has 0 radical (unpaired) electrons. The summed E-state index contributed by atoms with van der Waals surface area (Å²) < 4.78 is 6.96. The van der Waals surface area contributed by atoms with Crippen molar-refractivity contribution in [3.63, 3.8) is 0 Å². The number of hydrogen-bond donors (Lipinski definition) is 1. The highest BCUT2D eigenvalue weighted by Gasteiger charge is 2.12. The van der Waals surface area contributed by atoms with Gasteiger partial charge < -0.3 is 10.1 Å². The monoisotopic (exact) mass is 368 g/mol. The van der Waals surface area contributed by atoms with Gasteiger partial charge in [0.2, 0.25) is 0 Å². The van der Waals surface area contributed by atoms with E-state index in [0.29, 0.717) is 11.6 Å². The summed E-state index contributed by atoms with van der Waals surface area (Å²) >= 11 is 9.60. The fourth-order valence-electron chi connectivity index (χ4n) is 2.08. The van der Waals surface area contributed by atoms with Crippen molar-refractivity contribution in [3.05, 3.63) is 57.3 Å². The molecule has 1 aromatic carbocycles. The van der Waals surface area contributed by atoms with Gasteiger partial charge >= 0.3 is 0 Å². The fraction of sp³-hybridized carbons (Fsp3) is 0.312. The van der Waals surface area contributed by atoms with Crippen molar-refractivity contribution < 1.29 is 4.74 Å². The van der Waals surface area contributed by atoms with Crippen LogP contribution in [0.15, 0.2) is 41.1 Å². The van der Waals surface area contributed by atoms with Crippen molar-refractivity contribution >= 4 is 27.5 Å². The Kier molecular flexibility index (Phi) is 6.03. The highest BCUT2D eigenvalue weighted by Crippen LogP contribution is 2.30. The minimum atomic E-state index is 0.228. The smallest absolute Gasteiger partial charge is 0.125 e. The lowest BCUT2D eigenvalue weighted by Crippen LogP contribution is -2.18. The minimum Gasteiger partial charge on any atom is -0.488 e. The summed E-state index contributed by atoms with van der Waals surface area (Å²) in [4.78, 5) is 3.98. The number of aromatic nitrogens is 1. The third-order valence-electron chi connectivity index (χ3n) is 3.19. The van der Waals surface area contributed by atoms with Gasteiger partial charge in [-0.15, -0.1) is 0 Å². The minimum absolute atomic E-state index is 0.228. The number of halogens is 2. The maximum atomic E-state index is 6.11. The molecule has 0 bridgehead atoms. The van der Waals surface area contributed by atoms with Crippen LogP contribution in [0.25, 0.3) is 0 Å². The van der Waals surface area contributed by atoms with E-state index in [1.165, 1.54) is 0 Å². The van der Waals surface area contributed by atoms with E-state index < -0.39 is 0 Å². The lowest BCUT2D eigenvalue weighted by atomic mass is 10.1. The predicted octanol–water partition coefficient (Wildman–Crippen LogP) is 4.75. The molecule has 21 heavy (non-hydrogen) atoms. The molecule has 1 heterocycles. The van der Waals surface area contributed by atoms with Crippen LogP contribution in [-0.2, 0) is 6.61 Å². The van der Waals surface area contributed by atoms with Crippen molar-refractivity contribution in [2.75, 3.05) is 6.54 Å². The van der Waals surface area contributed by atoms with E-state index in [2.05, 4.69) is 46.1 Å². The Labute approximate surface area is 138 Å². The summed E-state index contributed by atoms with van der Waals surface area (Å²) in [6.45, 7) is 5.54. The molecular weight excluding hydrogens is 352 g/mol. The molecule has 0 spiro atoms. The number of benzene rings is 1. The Morgan fingerprint density at radius 1 is 1.38 bits per heavy atom. The van der Waals surface area contributed by atoms with Crippen LogP contribution in [0.1, 0.15) is 31.0 Å². The molecule has 0 aliphatic rings. The van der Waals surface area contributed by atoms with Crippen LogP contribution >= 0.6 is 27.5 Å². The molecule has 2 aromatic rings. The molecule has 1 atom stereocenters. The molecule has 0 aliphatic heterocycles. The van der Waals surface area contributed by atoms with Crippen LogP contribution in [0.5, 0.6) is 5.75 Å². The summed E-state index contributed by atoms with van der Waals surface area (Å²) in [7, 11) is 0. The Balaban J connectivity index is 2.18. The Morgan fingerprint density at radius 2 is 2.19 bits per heavy atom. The van der Waals surface area contributed by atoms with E-state index in [1.54, 1.807) is 12.4 Å². The molecule has 1 aromatic heterocycles. The zero-order valence-corrected chi connectivity index (χ0v) is 14.4. The van der Waals surface area contributed by atoms with Crippen LogP contribution in [0, 0.1) is 0 Å². The first-order valence-electron chi connectivity index (χ1n) is 6.85. The van der Waals surface area contributed by atoms with Crippen LogP contribution in [-0.4, -0.2) is 11.5 Å². The molecule has 0 amide bonds. The summed E-state index contributed by atoms with van der Waals surface area (Å²) in [5, 5.41) is 4.02. The Bertz CT molecular complexity index is 607. The molecule has 0 aliphatic carbocycles. The second kappa shape index (κ2) is 7.78. The topological polar surface area (TPSA) is 34.1 Å². The number of nitrogens with zero attached hydrogens (tertiary/aromatic N) is 1. The summed E-state index contributed by atoms with van der Waals surface area (Å²) in [6.07, 6.45) is 3.34. The molecule has 1 N–H and O–H groups in total. The van der Waals surface area contributed by atoms with E-state index in [-0.39, 0.29) is 6.04 Å². The maximum absolute atomic E-state index is 6.11. The van der Waals surface area contributed by atoms with Gasteiger partial charge in [-0.3, -0.25) is 4.98 Å². The molecular formula is C16H18BrClN2O. The van der Waals surface area contributed by atoms with Gasteiger partial charge in [0.05, 0.1) is 5.02 Å². The van der Waals surface area contributed by atoms with Crippen LogP contribution < -0.4 is 10.1 Å². The second-order valence-electron chi connectivity index (χ2n) is 4.72. The van der Waals surface area contributed by atoms with E-state index in [0.717, 1.165) is 27.9 Å². The third kappa shape index (κ3) is 4.43. The van der Waals surface area contributed by atoms with E-state index >= 15 is 0 Å². The summed E-state index contributed by atoms with van der Waals surface area (Å²) in [5.41, 5.74) is 2.05. The normalized spacial score (nSPS) is 12.2. The zero-order valence-electron chi connectivity index (χ0n) is 12.1. The van der Waals surface area contributed by atoms with Gasteiger partial charge in [-0.05, 0) is 31.7 Å². The van der Waals surface area contributed by atoms with Crippen molar-refractivity contribution in [2.45, 2.75) is 26.5 Å². The lowest BCUT2D eigenvalue weighted by Gasteiger charge is -2.18. The highest BCUT2D eigenvalue weighted by atomic mass is 79.9. The lowest BCUT2D eigenvalue weighted by molar-refractivity contribution is 0.299. The van der Waals surface area contributed by atoms with Crippen LogP contribution in [0.3, 0.4) is 0 Å². The van der Waals surface area contributed by atoms with Gasteiger partial charge in [-0.1, -0.05) is 40.5 Å². The van der Waals surface area contributed by atoms with Crippen molar-refractivity contribution in [1.29, 1.82) is 0 Å². The molecule has 0 saturated heterocycles. The Hall–Kier alpha value is -1.10. The number of ether oxygens (including phenoxy) is 1. The van der Waals surface area contributed by atoms with Gasteiger partial charge in [0.1, 0.15) is 12.4 Å². The fourth-order valence-corrected chi connectivity index (χ4v) is 2.60. The van der Waals surface area contributed by atoms with E-state index in [1.807, 2.05) is 18.2 Å². The first-order valence-corrected chi connectivity index (χ1v) is 8.03. The zero-order chi connectivity index (χ0) is 15.2. The predicted molar refractivity (Wildman–Crippen MR) is 89.8 cm³/mol. The van der Waals surface area contributed by atoms with E-state index in [9.17, 15) is 0 Å². The van der Waals surface area contributed by atoms with Gasteiger partial charge in [-0.25, -0.2) is 0 Å². The average Bonchev–Trinajstić information content (AvgIpc) is 2.46. The second-order valence-corrected chi connectivity index (χ2v) is 6.04. The van der Waals surface area contributed by atoms with Crippen LogP contribution in [0.4, 0.5) is 0 Å². The first kappa shape index (κ1) is 16.3. The highest BCUT2D eigenvalue weighted by molar-refractivity contribution is 9.10. The first-order chi connectivity index (χ1) is 10.1. The molecule has 0 fully saturated rings. The van der Waals surface area contributed by atoms with Crippen molar-refractivity contribution in [2.24, 2.45) is 0 Å². The largest absolute Gasteiger partial charge is 0.488 e. The van der Waals surface area contributed by atoms with E-state index in [4.69, 9.17) is 16.3 Å². The van der Waals surface area contributed by atoms with Gasteiger partial charge in [0, 0.05) is 34.0 Å². The number of pyridine rings is 1. The molecule has 0 saturated carbocycles. The molecule has 2 rings (SSSR count). The molecule has 5 heteroatoms. The van der Waals surface area contributed by atoms with Gasteiger partial charge in [0.25, 0.3) is 0 Å². The Morgan fingerprint density at radius 3 is 2.90 bits per heavy atom. The maximum Gasteiger partial charge on any atom is 0.125 e. The SMILES string of the molecule is CCNC(C)c1ccc(Br)cc1OCc1ccncc1Cl. The number of nitrogens with one attached hydrogen (secondary N) is 1. The quantitative estimate of drug-likeness (QED) is 0.798. The average molecular weight is 370 g/mol. The van der Waals surface area contributed by atoms with Crippen molar-refractivity contribution in [1.82, 2.24) is 10.3 Å². The number of rotatable bonds is 6. The molecule has 112 valence electrons. The standard InChI is InChI=1S/C16H18BrClN2O/c1-3-20-11(2)14-5-4-13(17)8-16(14)21-10-12-6-7-19-9-15(12)18/h4-9,11,20H,3,10H2,1-2H3. The summed E-state index contributed by atoms with van der Waals surface area (Å²) in [6, 6.07) is 8.17. The van der Waals surface area contributed by atoms with Gasteiger partial charge in [-0.2, -0.15) is 0 Å². The molecule has 1 unspecified atom stereocenters. The number of hydrogen-bond acceptors (Lipinski definition) is 3. The summed E-state index contributed by atoms with van der Waals surface area (Å²) in [5.74, 6) is 0.853. The third-order valence-corrected chi connectivity index (χ3v) is 4.03. The van der Waals surface area contributed by atoms with Crippen LogP contribution in [0.2, 0.25) is 5.02 Å². The van der Waals surface area contributed by atoms with Gasteiger partial charge in [0.15, 0.2) is 0 Å². The molecule has 3 nitrogen and oxygen atoms in total. The van der Waals surface area contributed by atoms with Crippen molar-refractivity contribution in [3.8, 4) is 5.75 Å².